The van der Waals surface area contributed by atoms with E-state index in [-0.39, 0.29) is 0 Å². The van der Waals surface area contributed by atoms with Gasteiger partial charge in [0.1, 0.15) is 0 Å². The van der Waals surface area contributed by atoms with Crippen LogP contribution in [-0.2, 0) is 0 Å². The zero-order valence-electron chi connectivity index (χ0n) is 9.81. The van der Waals surface area contributed by atoms with E-state index in [1.165, 1.54) is 35.0 Å². The van der Waals surface area contributed by atoms with Crippen molar-refractivity contribution in [2.45, 2.75) is 46.1 Å². The highest BCUT2D eigenvalue weighted by molar-refractivity contribution is 9.10. The largest absolute Gasteiger partial charge is 0.382 e. The summed E-state index contributed by atoms with van der Waals surface area (Å²) in [7, 11) is 0. The van der Waals surface area contributed by atoms with Crippen molar-refractivity contribution in [3.8, 4) is 0 Å². The van der Waals surface area contributed by atoms with E-state index in [0.29, 0.717) is 6.04 Å². The predicted molar refractivity (Wildman–Crippen MR) is 71.5 cm³/mol. The first-order chi connectivity index (χ1) is 7.17. The molecule has 2 heteroatoms. The van der Waals surface area contributed by atoms with E-state index in [4.69, 9.17) is 0 Å². The normalized spacial score (nSPS) is 12.5. The first-order valence-corrected chi connectivity index (χ1v) is 6.49. The molecule has 0 spiro atoms. The van der Waals surface area contributed by atoms with Crippen molar-refractivity contribution in [1.82, 2.24) is 0 Å². The smallest absolute Gasteiger partial charge is 0.0353 e. The first-order valence-electron chi connectivity index (χ1n) is 5.70. The summed E-state index contributed by atoms with van der Waals surface area (Å²) in [6.45, 7) is 6.57. The minimum absolute atomic E-state index is 0.601. The minimum atomic E-state index is 0.601. The number of anilines is 1. The highest BCUT2D eigenvalue weighted by Crippen LogP contribution is 2.22. The van der Waals surface area contributed by atoms with Crippen LogP contribution in [0.25, 0.3) is 0 Å². The van der Waals surface area contributed by atoms with Gasteiger partial charge in [0.15, 0.2) is 0 Å². The molecule has 0 saturated carbocycles. The van der Waals surface area contributed by atoms with Gasteiger partial charge in [-0.25, -0.2) is 0 Å². The second kappa shape index (κ2) is 6.16. The Hall–Kier alpha value is -0.500. The minimum Gasteiger partial charge on any atom is -0.382 e. The molecule has 1 rings (SSSR count). The molecular formula is C13H20BrN. The lowest BCUT2D eigenvalue weighted by Gasteiger charge is -2.18. The van der Waals surface area contributed by atoms with E-state index in [1.807, 2.05) is 0 Å². The quantitative estimate of drug-likeness (QED) is 0.814. The highest BCUT2D eigenvalue weighted by Gasteiger charge is 2.05. The van der Waals surface area contributed by atoms with Crippen molar-refractivity contribution in [3.63, 3.8) is 0 Å². The molecule has 1 aromatic rings. The van der Waals surface area contributed by atoms with Gasteiger partial charge in [0.05, 0.1) is 0 Å². The van der Waals surface area contributed by atoms with Gasteiger partial charge in [0.25, 0.3) is 0 Å². The van der Waals surface area contributed by atoms with Crippen LogP contribution in [0, 0.1) is 6.92 Å². The first kappa shape index (κ1) is 12.6. The Balaban J connectivity index is 2.66. The standard InChI is InChI=1S/C13H20BrN/c1-4-6-11(5-2)15-12-8-7-10(3)13(14)9-12/h7-9,11,15H,4-6H2,1-3H3. The molecule has 0 aliphatic carbocycles. The second-order valence-electron chi connectivity index (χ2n) is 4.00. The van der Waals surface area contributed by atoms with Crippen molar-refractivity contribution in [3.05, 3.63) is 28.2 Å². The van der Waals surface area contributed by atoms with Crippen molar-refractivity contribution in [2.75, 3.05) is 5.32 Å². The number of halogens is 1. The lowest BCUT2D eigenvalue weighted by Crippen LogP contribution is -2.17. The Labute approximate surface area is 101 Å². The summed E-state index contributed by atoms with van der Waals surface area (Å²) in [5, 5.41) is 3.57. The third-order valence-electron chi connectivity index (χ3n) is 2.67. The molecule has 1 atom stereocenters. The Bertz CT molecular complexity index is 309. The maximum atomic E-state index is 3.57. The fourth-order valence-electron chi connectivity index (χ4n) is 1.65. The Kier molecular flexibility index (Phi) is 5.16. The molecule has 1 nitrogen and oxygen atoms in total. The third kappa shape index (κ3) is 3.86. The van der Waals surface area contributed by atoms with E-state index < -0.39 is 0 Å². The van der Waals surface area contributed by atoms with Crippen molar-refractivity contribution in [1.29, 1.82) is 0 Å². The van der Waals surface area contributed by atoms with E-state index in [9.17, 15) is 0 Å². The van der Waals surface area contributed by atoms with Gasteiger partial charge in [0.2, 0.25) is 0 Å². The van der Waals surface area contributed by atoms with Gasteiger partial charge in [-0.3, -0.25) is 0 Å². The maximum Gasteiger partial charge on any atom is 0.0353 e. The molecule has 0 saturated heterocycles. The van der Waals surface area contributed by atoms with Crippen LogP contribution in [0.1, 0.15) is 38.7 Å². The molecule has 0 amide bonds. The van der Waals surface area contributed by atoms with Gasteiger partial charge in [0, 0.05) is 16.2 Å². The summed E-state index contributed by atoms with van der Waals surface area (Å²) in [6.07, 6.45) is 3.65. The Morgan fingerprint density at radius 1 is 1.33 bits per heavy atom. The maximum absolute atomic E-state index is 3.57. The molecule has 0 aromatic heterocycles. The summed E-state index contributed by atoms with van der Waals surface area (Å²) in [5.74, 6) is 0. The summed E-state index contributed by atoms with van der Waals surface area (Å²) in [4.78, 5) is 0. The van der Waals surface area contributed by atoms with Gasteiger partial charge < -0.3 is 5.32 Å². The Morgan fingerprint density at radius 3 is 2.60 bits per heavy atom. The molecule has 0 aliphatic heterocycles. The SMILES string of the molecule is CCCC(CC)Nc1ccc(C)c(Br)c1. The zero-order chi connectivity index (χ0) is 11.3. The number of hydrogen-bond acceptors (Lipinski definition) is 1. The predicted octanol–water partition coefficient (Wildman–Crippen LogP) is 4.75. The summed E-state index contributed by atoms with van der Waals surface area (Å²) >= 11 is 3.56. The van der Waals surface area contributed by atoms with Crippen molar-refractivity contribution >= 4 is 21.6 Å². The van der Waals surface area contributed by atoms with Gasteiger partial charge in [-0.05, 0) is 37.5 Å². The fraction of sp³-hybridized carbons (Fsp3) is 0.538. The van der Waals surface area contributed by atoms with Crippen molar-refractivity contribution < 1.29 is 0 Å². The summed E-state index contributed by atoms with van der Waals surface area (Å²) in [6, 6.07) is 7.06. The molecule has 1 N–H and O–H groups in total. The van der Waals surface area contributed by atoms with Crippen LogP contribution in [0.15, 0.2) is 22.7 Å². The molecular weight excluding hydrogens is 250 g/mol. The zero-order valence-corrected chi connectivity index (χ0v) is 11.4. The molecule has 0 heterocycles. The molecule has 15 heavy (non-hydrogen) atoms. The highest BCUT2D eigenvalue weighted by atomic mass is 79.9. The van der Waals surface area contributed by atoms with E-state index in [1.54, 1.807) is 0 Å². The topological polar surface area (TPSA) is 12.0 Å². The van der Waals surface area contributed by atoms with Crippen LogP contribution in [0.3, 0.4) is 0 Å². The third-order valence-corrected chi connectivity index (χ3v) is 3.53. The molecule has 1 unspecified atom stereocenters. The van der Waals surface area contributed by atoms with E-state index in [2.05, 4.69) is 60.2 Å². The number of benzene rings is 1. The summed E-state index contributed by atoms with van der Waals surface area (Å²) < 4.78 is 1.18. The molecule has 84 valence electrons. The van der Waals surface area contributed by atoms with Crippen LogP contribution >= 0.6 is 15.9 Å². The molecule has 0 fully saturated rings. The van der Waals surface area contributed by atoms with Crippen LogP contribution < -0.4 is 5.32 Å². The van der Waals surface area contributed by atoms with Crippen LogP contribution in [-0.4, -0.2) is 6.04 Å². The molecule has 0 aliphatic rings. The van der Waals surface area contributed by atoms with Gasteiger partial charge in [-0.15, -0.1) is 0 Å². The van der Waals surface area contributed by atoms with Crippen LogP contribution in [0.5, 0.6) is 0 Å². The number of aryl methyl sites for hydroxylation is 1. The van der Waals surface area contributed by atoms with Gasteiger partial charge >= 0.3 is 0 Å². The lowest BCUT2D eigenvalue weighted by atomic mass is 10.1. The molecule has 0 radical (unpaired) electrons. The average molecular weight is 270 g/mol. The van der Waals surface area contributed by atoms with E-state index in [0.717, 1.165) is 0 Å². The number of nitrogens with one attached hydrogen (secondary N) is 1. The number of rotatable bonds is 5. The average Bonchev–Trinajstić information content (AvgIpc) is 2.23. The molecule has 0 bridgehead atoms. The van der Waals surface area contributed by atoms with Gasteiger partial charge in [-0.2, -0.15) is 0 Å². The second-order valence-corrected chi connectivity index (χ2v) is 4.86. The number of hydrogen-bond donors (Lipinski definition) is 1. The molecule has 1 aromatic carbocycles. The fourth-order valence-corrected chi connectivity index (χ4v) is 2.02. The van der Waals surface area contributed by atoms with Crippen molar-refractivity contribution in [2.24, 2.45) is 0 Å². The van der Waals surface area contributed by atoms with Crippen LogP contribution in [0.2, 0.25) is 0 Å². The van der Waals surface area contributed by atoms with Crippen LogP contribution in [0.4, 0.5) is 5.69 Å². The summed E-state index contributed by atoms with van der Waals surface area (Å²) in [5.41, 5.74) is 2.50. The van der Waals surface area contributed by atoms with Gasteiger partial charge in [-0.1, -0.05) is 42.3 Å². The Morgan fingerprint density at radius 2 is 2.07 bits per heavy atom. The monoisotopic (exact) mass is 269 g/mol. The lowest BCUT2D eigenvalue weighted by molar-refractivity contribution is 0.623. The van der Waals surface area contributed by atoms with E-state index >= 15 is 0 Å².